The Morgan fingerprint density at radius 1 is 1.21 bits per heavy atom. The second-order valence-corrected chi connectivity index (χ2v) is 9.20. The summed E-state index contributed by atoms with van der Waals surface area (Å²) in [4.78, 5) is 11.9. The molecule has 1 heterocycles. The van der Waals surface area contributed by atoms with Crippen LogP contribution in [0.1, 0.15) is 54.0 Å². The Labute approximate surface area is 173 Å². The van der Waals surface area contributed by atoms with E-state index in [0.29, 0.717) is 12.1 Å². The van der Waals surface area contributed by atoms with Gasteiger partial charge in [-0.2, -0.15) is 0 Å². The number of nitrogens with one attached hydrogen (secondary N) is 2. The highest BCUT2D eigenvalue weighted by molar-refractivity contribution is 6.55. The molecule has 0 unspecified atom stereocenters. The van der Waals surface area contributed by atoms with Gasteiger partial charge in [0.2, 0.25) is 0 Å². The van der Waals surface area contributed by atoms with Gasteiger partial charge in [0.05, 0.1) is 16.9 Å². The Morgan fingerprint density at radius 2 is 1.79 bits per heavy atom. The van der Waals surface area contributed by atoms with Crippen molar-refractivity contribution in [3.05, 3.63) is 35.1 Å². The van der Waals surface area contributed by atoms with E-state index in [1.807, 2.05) is 40.8 Å². The van der Waals surface area contributed by atoms with Crippen LogP contribution in [0.3, 0.4) is 0 Å². The van der Waals surface area contributed by atoms with Crippen LogP contribution in [0.4, 0.5) is 14.9 Å². The smallest absolute Gasteiger partial charge is 0.444 e. The van der Waals surface area contributed by atoms with E-state index in [0.717, 1.165) is 5.47 Å². The number of hydrogen-bond acceptors (Lipinski definition) is 5. The molecule has 1 aliphatic heterocycles. The van der Waals surface area contributed by atoms with Gasteiger partial charge in [-0.05, 0) is 78.7 Å². The van der Waals surface area contributed by atoms with Crippen LogP contribution in [0, 0.1) is 5.82 Å². The predicted molar refractivity (Wildman–Crippen MR) is 114 cm³/mol. The van der Waals surface area contributed by atoms with E-state index < -0.39 is 35.8 Å². The van der Waals surface area contributed by atoms with E-state index in [1.54, 1.807) is 26.8 Å². The molecule has 0 spiro atoms. The van der Waals surface area contributed by atoms with Gasteiger partial charge < -0.3 is 19.4 Å². The molecule has 1 aromatic carbocycles. The lowest BCUT2D eigenvalue weighted by Crippen LogP contribution is -2.41. The summed E-state index contributed by atoms with van der Waals surface area (Å²) in [6, 6.07) is 4.58. The van der Waals surface area contributed by atoms with Gasteiger partial charge in [-0.15, -0.1) is 0 Å². The third-order valence-electron chi connectivity index (χ3n) is 4.92. The molecular weight excluding hydrogens is 374 g/mol. The molecule has 160 valence electrons. The number of carbonyl (C=O) groups excluding carboxylic acids is 1. The maximum Gasteiger partial charge on any atom is 0.491 e. The molecule has 0 bridgehead atoms. The number of carbonyl (C=O) groups is 1. The lowest BCUT2D eigenvalue weighted by atomic mass is 9.77. The molecule has 6 nitrogen and oxygen atoms in total. The topological polar surface area (TPSA) is 68.8 Å². The minimum absolute atomic E-state index is 0.0576. The zero-order chi connectivity index (χ0) is 22.0. The number of rotatable bonds is 5. The minimum atomic E-state index is -0.701. The molecule has 1 saturated heterocycles. The summed E-state index contributed by atoms with van der Waals surface area (Å²) in [6.07, 6.45) is 1.13. The van der Waals surface area contributed by atoms with Gasteiger partial charge in [-0.25, -0.2) is 9.18 Å². The van der Waals surface area contributed by atoms with Crippen LogP contribution in [-0.2, 0) is 14.0 Å². The number of ether oxygens (including phenoxy) is 1. The van der Waals surface area contributed by atoms with Gasteiger partial charge in [-0.1, -0.05) is 12.1 Å². The second kappa shape index (κ2) is 8.46. The lowest BCUT2D eigenvalue weighted by molar-refractivity contribution is 0.00578. The minimum Gasteiger partial charge on any atom is -0.444 e. The zero-order valence-electron chi connectivity index (χ0n) is 18.6. The summed E-state index contributed by atoms with van der Waals surface area (Å²) in [5.74, 6) is -0.553. The van der Waals surface area contributed by atoms with Gasteiger partial charge in [0.1, 0.15) is 11.4 Å². The van der Waals surface area contributed by atoms with Crippen molar-refractivity contribution in [1.82, 2.24) is 5.32 Å². The summed E-state index contributed by atoms with van der Waals surface area (Å²) >= 11 is 0. The van der Waals surface area contributed by atoms with Crippen LogP contribution in [0.5, 0.6) is 0 Å². The molecule has 0 saturated carbocycles. The SMILES string of the molecule is CNCC(=Cc1ccc(NC(=O)OC(C)(C)C)c(F)c1)B1OC(C)(C)C(C)(C)O1. The maximum atomic E-state index is 14.5. The molecule has 1 aromatic rings. The van der Waals surface area contributed by atoms with Gasteiger partial charge >= 0.3 is 13.2 Å². The first-order valence-corrected chi connectivity index (χ1v) is 9.74. The van der Waals surface area contributed by atoms with E-state index in [1.165, 1.54) is 12.1 Å². The van der Waals surface area contributed by atoms with Crippen molar-refractivity contribution < 1.29 is 23.2 Å². The number of halogens is 1. The normalized spacial score (nSPS) is 18.7. The highest BCUT2D eigenvalue weighted by Crippen LogP contribution is 2.38. The number of benzene rings is 1. The summed E-state index contributed by atoms with van der Waals surface area (Å²) in [5.41, 5.74) is -0.0417. The van der Waals surface area contributed by atoms with Crippen molar-refractivity contribution in [3.63, 3.8) is 0 Å². The largest absolute Gasteiger partial charge is 0.491 e. The molecule has 2 N–H and O–H groups in total. The molecule has 1 amide bonds. The molecule has 0 aliphatic carbocycles. The van der Waals surface area contributed by atoms with Gasteiger partial charge in [0, 0.05) is 6.54 Å². The average molecular weight is 406 g/mol. The Morgan fingerprint density at radius 3 is 2.28 bits per heavy atom. The molecule has 1 fully saturated rings. The Kier molecular flexibility index (Phi) is 6.82. The summed E-state index contributed by atoms with van der Waals surface area (Å²) < 4.78 is 31.9. The second-order valence-electron chi connectivity index (χ2n) is 9.20. The van der Waals surface area contributed by atoms with E-state index in [4.69, 9.17) is 14.0 Å². The van der Waals surface area contributed by atoms with Crippen LogP contribution in [0.15, 0.2) is 23.7 Å². The van der Waals surface area contributed by atoms with E-state index in [-0.39, 0.29) is 5.69 Å². The van der Waals surface area contributed by atoms with Crippen LogP contribution >= 0.6 is 0 Å². The Bertz CT molecular complexity index is 771. The highest BCUT2D eigenvalue weighted by atomic mass is 19.1. The van der Waals surface area contributed by atoms with E-state index in [2.05, 4.69) is 10.6 Å². The van der Waals surface area contributed by atoms with Gasteiger partial charge in [-0.3, -0.25) is 5.32 Å². The van der Waals surface area contributed by atoms with Gasteiger partial charge in [0.15, 0.2) is 0 Å². The lowest BCUT2D eigenvalue weighted by Gasteiger charge is -2.32. The zero-order valence-corrected chi connectivity index (χ0v) is 18.6. The van der Waals surface area contributed by atoms with Crippen LogP contribution in [0.25, 0.3) is 6.08 Å². The third-order valence-corrected chi connectivity index (χ3v) is 4.92. The van der Waals surface area contributed by atoms with Crippen molar-refractivity contribution in [3.8, 4) is 0 Å². The van der Waals surface area contributed by atoms with Gasteiger partial charge in [0.25, 0.3) is 0 Å². The molecule has 1 aliphatic rings. The van der Waals surface area contributed by atoms with Crippen molar-refractivity contribution in [1.29, 1.82) is 0 Å². The summed E-state index contributed by atoms with van der Waals surface area (Å²) in [6.45, 7) is 13.7. The average Bonchev–Trinajstić information content (AvgIpc) is 2.76. The number of anilines is 1. The third kappa shape index (κ3) is 6.04. The fraction of sp³-hybridized carbons (Fsp3) is 0.571. The van der Waals surface area contributed by atoms with Crippen LogP contribution in [-0.4, -0.2) is 43.6 Å². The van der Waals surface area contributed by atoms with Crippen LogP contribution in [0.2, 0.25) is 0 Å². The monoisotopic (exact) mass is 406 g/mol. The quantitative estimate of drug-likeness (QED) is 0.710. The van der Waals surface area contributed by atoms with Crippen molar-refractivity contribution in [2.24, 2.45) is 0 Å². The van der Waals surface area contributed by atoms with E-state index in [9.17, 15) is 9.18 Å². The maximum absolute atomic E-state index is 14.5. The Hall–Kier alpha value is -1.90. The summed E-state index contributed by atoms with van der Waals surface area (Å²) in [7, 11) is 1.29. The predicted octanol–water partition coefficient (Wildman–Crippen LogP) is 4.41. The molecule has 0 radical (unpaired) electrons. The molecular formula is C21H32BFN2O4. The Balaban J connectivity index is 2.21. The first kappa shape index (κ1) is 23.4. The molecule has 0 aromatic heterocycles. The van der Waals surface area contributed by atoms with Crippen LogP contribution < -0.4 is 10.6 Å². The van der Waals surface area contributed by atoms with Crippen molar-refractivity contribution >= 4 is 25.0 Å². The molecule has 0 atom stereocenters. The van der Waals surface area contributed by atoms with Crippen molar-refractivity contribution in [2.45, 2.75) is 65.3 Å². The fourth-order valence-electron chi connectivity index (χ4n) is 2.75. The standard InChI is InChI=1S/C21H32BFN2O4/c1-19(2,3)27-18(26)25-17-10-9-14(12-16(17)23)11-15(13-24-8)22-28-20(4,5)21(6,7)29-22/h9-12,24H,13H2,1-8H3,(H,25,26). The first-order chi connectivity index (χ1) is 13.2. The molecule has 2 rings (SSSR count). The first-order valence-electron chi connectivity index (χ1n) is 9.74. The number of amides is 1. The summed E-state index contributed by atoms with van der Waals surface area (Å²) in [5, 5.41) is 5.53. The number of hydrogen-bond donors (Lipinski definition) is 2. The molecule has 29 heavy (non-hydrogen) atoms. The highest BCUT2D eigenvalue weighted by Gasteiger charge is 2.52. The molecule has 8 heteroatoms. The fourth-order valence-corrected chi connectivity index (χ4v) is 2.75. The van der Waals surface area contributed by atoms with Crippen molar-refractivity contribution in [2.75, 3.05) is 18.9 Å². The van der Waals surface area contributed by atoms with E-state index >= 15 is 0 Å². The number of likely N-dealkylation sites (N-methyl/N-ethyl adjacent to an activating group) is 1.